The minimum Gasteiger partial charge on any atom is -0.403 e. The molecule has 1 fully saturated rings. The molecule has 0 bridgehead atoms. The summed E-state index contributed by atoms with van der Waals surface area (Å²) in [7, 11) is -6.20. The maximum Gasteiger partial charge on any atom is 0.416 e. The van der Waals surface area contributed by atoms with Crippen LogP contribution in [0.25, 0.3) is 0 Å². The topological polar surface area (TPSA) is 46.6 Å². The monoisotopic (exact) mass is 393 g/mol. The molecule has 24 heavy (non-hydrogen) atoms. The number of hydrogen-bond acceptors (Lipinski definition) is 3. The lowest BCUT2D eigenvalue weighted by Gasteiger charge is -2.44. The van der Waals surface area contributed by atoms with Crippen molar-refractivity contribution in [1.29, 1.82) is 0 Å². The average Bonchev–Trinajstić information content (AvgIpc) is 2.47. The normalized spacial score (nSPS) is 21.7. The smallest absolute Gasteiger partial charge is 0.403 e. The highest BCUT2D eigenvalue weighted by Gasteiger charge is 2.58. The predicted octanol–water partition coefficient (Wildman–Crippen LogP) is 3.70. The fraction of sp³-hybridized carbons (Fsp3) is 1.00. The van der Waals surface area contributed by atoms with Crippen LogP contribution in [0.3, 0.4) is 0 Å². The van der Waals surface area contributed by atoms with E-state index in [4.69, 9.17) is 4.43 Å². The molecule has 1 saturated heterocycles. The zero-order valence-electron chi connectivity index (χ0n) is 14.6. The van der Waals surface area contributed by atoms with Gasteiger partial charge >= 0.3 is 6.18 Å². The van der Waals surface area contributed by atoms with E-state index in [1.807, 2.05) is 0 Å². The Kier molecular flexibility index (Phi) is 6.91. The van der Waals surface area contributed by atoms with Crippen molar-refractivity contribution in [2.24, 2.45) is 0 Å². The first-order valence-corrected chi connectivity index (χ1v) is 12.6. The van der Waals surface area contributed by atoms with Gasteiger partial charge in [-0.25, -0.2) is 17.1 Å². The third-order valence-electron chi connectivity index (χ3n) is 5.09. The first-order chi connectivity index (χ1) is 10.8. The molecule has 0 aromatic heterocycles. The number of hydrogen-bond donors (Lipinski definition) is 0. The van der Waals surface area contributed by atoms with Gasteiger partial charge in [-0.3, -0.25) is 0 Å². The molecule has 0 saturated carbocycles. The first-order valence-electron chi connectivity index (χ1n) is 8.22. The summed E-state index contributed by atoms with van der Waals surface area (Å²) in [5, 5.41) is 0. The number of rotatable bonds is 7. The summed E-state index contributed by atoms with van der Waals surface area (Å²) in [4.78, 5) is 0. The average molecular weight is 394 g/mol. The fourth-order valence-corrected chi connectivity index (χ4v) is 6.86. The molecule has 0 N–H and O–H groups in total. The fourth-order valence-electron chi connectivity index (χ4n) is 3.17. The lowest BCUT2D eigenvalue weighted by molar-refractivity contribution is -0.240. The van der Waals surface area contributed by atoms with Crippen molar-refractivity contribution in [2.75, 3.05) is 19.3 Å². The molecule has 0 aromatic carbocycles. The molecule has 144 valence electrons. The van der Waals surface area contributed by atoms with E-state index in [9.17, 15) is 21.6 Å². The molecule has 1 unspecified atom stereocenters. The lowest BCUT2D eigenvalue weighted by Crippen LogP contribution is -2.59. The lowest BCUT2D eigenvalue weighted by atomic mass is 9.88. The molecule has 0 radical (unpaired) electrons. The largest absolute Gasteiger partial charge is 0.416 e. The highest BCUT2D eigenvalue weighted by molar-refractivity contribution is 7.88. The number of piperidine rings is 1. The van der Waals surface area contributed by atoms with E-state index in [0.717, 1.165) is 10.6 Å². The Hall–Kier alpha value is -0.193. The Morgan fingerprint density at radius 2 is 1.54 bits per heavy atom. The molecular formula is C14H27F4NO3SSi. The second-order valence-corrected chi connectivity index (χ2v) is 13.2. The second-order valence-electron chi connectivity index (χ2n) is 6.48. The SMILES string of the molecule is CC[Si](CC)(CC)OC(C(F)(F)F)C1(F)CCN(S(C)(=O)=O)CC1. The van der Waals surface area contributed by atoms with E-state index in [1.54, 1.807) is 20.8 Å². The molecule has 1 aliphatic heterocycles. The number of sulfonamides is 1. The minimum absolute atomic E-state index is 0.260. The molecule has 0 aliphatic carbocycles. The number of nitrogens with zero attached hydrogens (tertiary/aromatic N) is 1. The van der Waals surface area contributed by atoms with Crippen molar-refractivity contribution in [3.8, 4) is 0 Å². The quantitative estimate of drug-likeness (QED) is 0.489. The van der Waals surface area contributed by atoms with Crippen molar-refractivity contribution in [3.05, 3.63) is 0 Å². The molecule has 1 rings (SSSR count). The summed E-state index contributed by atoms with van der Waals surface area (Å²) in [5.41, 5.74) is -2.59. The summed E-state index contributed by atoms with van der Waals surface area (Å²) in [6, 6.07) is 1.45. The van der Waals surface area contributed by atoms with E-state index >= 15 is 4.39 Å². The van der Waals surface area contributed by atoms with Crippen molar-refractivity contribution < 1.29 is 30.4 Å². The molecule has 1 atom stereocenters. The van der Waals surface area contributed by atoms with Gasteiger partial charge in [0, 0.05) is 13.1 Å². The third kappa shape index (κ3) is 4.92. The zero-order valence-corrected chi connectivity index (χ0v) is 16.4. The Balaban J connectivity index is 3.06. The zero-order chi connectivity index (χ0) is 18.8. The van der Waals surface area contributed by atoms with Crippen LogP contribution in [0.2, 0.25) is 18.1 Å². The van der Waals surface area contributed by atoms with Gasteiger partial charge in [-0.15, -0.1) is 0 Å². The Bertz CT molecular complexity index is 506. The van der Waals surface area contributed by atoms with Crippen LogP contribution in [0.4, 0.5) is 17.6 Å². The highest BCUT2D eigenvalue weighted by Crippen LogP contribution is 2.43. The summed E-state index contributed by atoms with van der Waals surface area (Å²) >= 11 is 0. The van der Waals surface area contributed by atoms with Gasteiger partial charge in [0.05, 0.1) is 6.26 Å². The van der Waals surface area contributed by atoms with Crippen LogP contribution in [-0.2, 0) is 14.4 Å². The van der Waals surface area contributed by atoms with Gasteiger partial charge in [-0.1, -0.05) is 20.8 Å². The summed E-state index contributed by atoms with van der Waals surface area (Å²) in [5.74, 6) is 0. The van der Waals surface area contributed by atoms with E-state index in [2.05, 4.69) is 0 Å². The minimum atomic E-state index is -4.82. The second kappa shape index (κ2) is 7.59. The molecule has 1 aliphatic rings. The molecule has 0 spiro atoms. The maximum atomic E-state index is 15.2. The Morgan fingerprint density at radius 3 is 1.83 bits per heavy atom. The van der Waals surface area contributed by atoms with Crippen LogP contribution in [0.1, 0.15) is 33.6 Å². The number of alkyl halides is 4. The van der Waals surface area contributed by atoms with Gasteiger partial charge in [-0.05, 0) is 31.0 Å². The van der Waals surface area contributed by atoms with Gasteiger partial charge in [0.25, 0.3) is 0 Å². The predicted molar refractivity (Wildman–Crippen MR) is 87.6 cm³/mol. The van der Waals surface area contributed by atoms with Gasteiger partial charge < -0.3 is 4.43 Å². The van der Waals surface area contributed by atoms with Crippen molar-refractivity contribution in [3.63, 3.8) is 0 Å². The number of halogens is 4. The summed E-state index contributed by atoms with van der Waals surface area (Å²) in [6.07, 6.45) is -7.35. The summed E-state index contributed by atoms with van der Waals surface area (Å²) in [6.45, 7) is 4.83. The third-order valence-corrected chi connectivity index (χ3v) is 11.0. The molecule has 4 nitrogen and oxygen atoms in total. The van der Waals surface area contributed by atoms with Gasteiger partial charge in [0.2, 0.25) is 10.0 Å². The van der Waals surface area contributed by atoms with Crippen LogP contribution >= 0.6 is 0 Å². The van der Waals surface area contributed by atoms with Gasteiger partial charge in [-0.2, -0.15) is 13.2 Å². The van der Waals surface area contributed by atoms with Crippen molar-refractivity contribution >= 4 is 18.3 Å². The van der Waals surface area contributed by atoms with Crippen LogP contribution in [0.15, 0.2) is 0 Å². The van der Waals surface area contributed by atoms with E-state index in [0.29, 0.717) is 18.1 Å². The standard InChI is InChI=1S/C14H27F4NO3SSi/c1-5-24(6-2,7-3)22-12(14(16,17)18)13(15)8-10-19(11-9-13)23(4,20)21/h12H,5-11H2,1-4H3. The Morgan fingerprint density at radius 1 is 1.12 bits per heavy atom. The van der Waals surface area contributed by atoms with Crippen LogP contribution < -0.4 is 0 Å². The van der Waals surface area contributed by atoms with E-state index in [-0.39, 0.29) is 13.1 Å². The van der Waals surface area contributed by atoms with Gasteiger partial charge in [0.15, 0.2) is 14.4 Å². The molecule has 10 heteroatoms. The van der Waals surface area contributed by atoms with Gasteiger partial charge in [0.1, 0.15) is 5.67 Å². The first kappa shape index (κ1) is 21.8. The highest BCUT2D eigenvalue weighted by atomic mass is 32.2. The van der Waals surface area contributed by atoms with Crippen molar-refractivity contribution in [2.45, 2.75) is 69.7 Å². The maximum absolute atomic E-state index is 15.2. The van der Waals surface area contributed by atoms with Crippen molar-refractivity contribution in [1.82, 2.24) is 4.31 Å². The molecule has 1 heterocycles. The Labute approximate surface area is 142 Å². The van der Waals surface area contributed by atoms with Crippen LogP contribution in [-0.4, -0.2) is 58.3 Å². The van der Waals surface area contributed by atoms with E-state index < -0.39 is 49.1 Å². The van der Waals surface area contributed by atoms with Crippen LogP contribution in [0, 0.1) is 0 Å². The molecular weight excluding hydrogens is 366 g/mol. The van der Waals surface area contributed by atoms with E-state index in [1.165, 1.54) is 0 Å². The molecule has 0 amide bonds. The molecule has 0 aromatic rings. The summed E-state index contributed by atoms with van der Waals surface area (Å²) < 4.78 is 85.3. The van der Waals surface area contributed by atoms with Crippen LogP contribution in [0.5, 0.6) is 0 Å².